The number of para-hydroxylation sites is 1. The van der Waals surface area contributed by atoms with E-state index in [1.165, 1.54) is 66.4 Å². The standard InChI is InChI=1S/C52H37N/c1-4-16-39(17-5-1)48-25-12-13-29-51(48)53(44-34-30-41(31-35-44)47-26-14-23-38-20-10-11-24-46(38)47)45-36-32-42(33-37-45)50-28-15-27-49(40-18-6-2-7-19-40)52(50)43-21-8-3-9-22-43/h1-37H. The zero-order valence-electron chi connectivity index (χ0n) is 29.3. The van der Waals surface area contributed by atoms with Gasteiger partial charge in [-0.25, -0.2) is 0 Å². The van der Waals surface area contributed by atoms with Gasteiger partial charge in [0.2, 0.25) is 0 Å². The van der Waals surface area contributed by atoms with Gasteiger partial charge in [-0.2, -0.15) is 0 Å². The van der Waals surface area contributed by atoms with Gasteiger partial charge in [0, 0.05) is 16.9 Å². The summed E-state index contributed by atoms with van der Waals surface area (Å²) in [5, 5.41) is 2.51. The Balaban J connectivity index is 1.17. The van der Waals surface area contributed by atoms with Gasteiger partial charge in [0.25, 0.3) is 0 Å². The minimum Gasteiger partial charge on any atom is -0.310 e. The van der Waals surface area contributed by atoms with E-state index in [0.29, 0.717) is 0 Å². The summed E-state index contributed by atoms with van der Waals surface area (Å²) >= 11 is 0. The molecule has 250 valence electrons. The molecular weight excluding hydrogens is 639 g/mol. The minimum absolute atomic E-state index is 1.09. The van der Waals surface area contributed by atoms with Gasteiger partial charge in [-0.1, -0.05) is 194 Å². The molecule has 0 aliphatic carbocycles. The lowest BCUT2D eigenvalue weighted by atomic mass is 9.87. The molecule has 0 bridgehead atoms. The molecule has 0 aliphatic heterocycles. The van der Waals surface area contributed by atoms with Crippen molar-refractivity contribution in [3.8, 4) is 55.6 Å². The summed E-state index contributed by atoms with van der Waals surface area (Å²) in [6.07, 6.45) is 0. The fraction of sp³-hybridized carbons (Fsp3) is 0. The van der Waals surface area contributed by atoms with Gasteiger partial charge in [-0.15, -0.1) is 0 Å². The molecule has 9 aromatic rings. The molecule has 9 rings (SSSR count). The third kappa shape index (κ3) is 6.30. The van der Waals surface area contributed by atoms with Gasteiger partial charge >= 0.3 is 0 Å². The quantitative estimate of drug-likeness (QED) is 0.155. The normalized spacial score (nSPS) is 11.0. The van der Waals surface area contributed by atoms with Crippen LogP contribution in [0.3, 0.4) is 0 Å². The molecule has 1 heteroatoms. The third-order valence-corrected chi connectivity index (χ3v) is 10.1. The molecule has 0 aliphatic rings. The molecule has 0 N–H and O–H groups in total. The zero-order chi connectivity index (χ0) is 35.4. The summed E-state index contributed by atoms with van der Waals surface area (Å²) in [5.41, 5.74) is 15.4. The van der Waals surface area contributed by atoms with Crippen LogP contribution in [0.2, 0.25) is 0 Å². The first-order valence-electron chi connectivity index (χ1n) is 18.2. The Bertz CT molecular complexity index is 2620. The highest BCUT2D eigenvalue weighted by Crippen LogP contribution is 2.44. The van der Waals surface area contributed by atoms with Gasteiger partial charge in [-0.3, -0.25) is 0 Å². The van der Waals surface area contributed by atoms with Gasteiger partial charge in [-0.05, 0) is 91.2 Å². The van der Waals surface area contributed by atoms with E-state index in [9.17, 15) is 0 Å². The largest absolute Gasteiger partial charge is 0.310 e. The Morgan fingerprint density at radius 3 is 1.26 bits per heavy atom. The van der Waals surface area contributed by atoms with Crippen LogP contribution in [0.25, 0.3) is 66.4 Å². The summed E-state index contributed by atoms with van der Waals surface area (Å²) in [6, 6.07) is 80.7. The van der Waals surface area contributed by atoms with Gasteiger partial charge in [0.15, 0.2) is 0 Å². The molecular formula is C52H37N. The van der Waals surface area contributed by atoms with Crippen molar-refractivity contribution in [1.82, 2.24) is 0 Å². The number of hydrogen-bond acceptors (Lipinski definition) is 1. The first-order chi connectivity index (χ1) is 26.3. The van der Waals surface area contributed by atoms with Crippen LogP contribution in [0.5, 0.6) is 0 Å². The predicted molar refractivity (Wildman–Crippen MR) is 226 cm³/mol. The molecule has 0 heterocycles. The van der Waals surface area contributed by atoms with Crippen LogP contribution in [-0.2, 0) is 0 Å². The van der Waals surface area contributed by atoms with E-state index in [1.807, 2.05) is 0 Å². The number of nitrogens with zero attached hydrogens (tertiary/aromatic N) is 1. The van der Waals surface area contributed by atoms with Crippen molar-refractivity contribution in [3.63, 3.8) is 0 Å². The fourth-order valence-corrected chi connectivity index (χ4v) is 7.58. The maximum absolute atomic E-state index is 2.39. The molecule has 0 aromatic heterocycles. The van der Waals surface area contributed by atoms with Crippen LogP contribution in [0.4, 0.5) is 17.1 Å². The van der Waals surface area contributed by atoms with E-state index in [0.717, 1.165) is 17.1 Å². The van der Waals surface area contributed by atoms with Crippen molar-refractivity contribution < 1.29 is 0 Å². The van der Waals surface area contributed by atoms with Crippen LogP contribution < -0.4 is 4.90 Å². The van der Waals surface area contributed by atoms with Crippen LogP contribution >= 0.6 is 0 Å². The molecule has 0 atom stereocenters. The zero-order valence-corrected chi connectivity index (χ0v) is 29.3. The number of fused-ring (bicyclic) bond motifs is 1. The number of hydrogen-bond donors (Lipinski definition) is 0. The lowest BCUT2D eigenvalue weighted by Crippen LogP contribution is -2.11. The van der Waals surface area contributed by atoms with E-state index in [-0.39, 0.29) is 0 Å². The van der Waals surface area contributed by atoms with Crippen molar-refractivity contribution in [2.75, 3.05) is 4.90 Å². The van der Waals surface area contributed by atoms with Gasteiger partial charge < -0.3 is 4.90 Å². The average molecular weight is 676 g/mol. The van der Waals surface area contributed by atoms with Crippen molar-refractivity contribution in [3.05, 3.63) is 224 Å². The number of benzene rings is 9. The second-order valence-corrected chi connectivity index (χ2v) is 13.3. The highest BCUT2D eigenvalue weighted by Gasteiger charge is 2.19. The Morgan fingerprint density at radius 1 is 0.245 bits per heavy atom. The first-order valence-corrected chi connectivity index (χ1v) is 18.2. The third-order valence-electron chi connectivity index (χ3n) is 10.1. The van der Waals surface area contributed by atoms with Crippen molar-refractivity contribution in [1.29, 1.82) is 0 Å². The van der Waals surface area contributed by atoms with E-state index in [1.54, 1.807) is 0 Å². The van der Waals surface area contributed by atoms with Crippen molar-refractivity contribution in [2.24, 2.45) is 0 Å². The SMILES string of the molecule is c1ccc(-c2ccccc2N(c2ccc(-c3cccc(-c4ccccc4)c3-c3ccccc3)cc2)c2ccc(-c3cccc4ccccc34)cc2)cc1. The Hall–Kier alpha value is -6.96. The van der Waals surface area contributed by atoms with Crippen LogP contribution in [0.15, 0.2) is 224 Å². The van der Waals surface area contributed by atoms with Crippen molar-refractivity contribution in [2.45, 2.75) is 0 Å². The second kappa shape index (κ2) is 14.3. The minimum atomic E-state index is 1.09. The van der Waals surface area contributed by atoms with Gasteiger partial charge in [0.1, 0.15) is 0 Å². The van der Waals surface area contributed by atoms with Gasteiger partial charge in [0.05, 0.1) is 5.69 Å². The summed E-state index contributed by atoms with van der Waals surface area (Å²) < 4.78 is 0. The lowest BCUT2D eigenvalue weighted by molar-refractivity contribution is 1.28. The molecule has 0 saturated heterocycles. The predicted octanol–water partition coefficient (Wildman–Crippen LogP) is 14.6. The van der Waals surface area contributed by atoms with Crippen LogP contribution in [0.1, 0.15) is 0 Å². The van der Waals surface area contributed by atoms with E-state index < -0.39 is 0 Å². The second-order valence-electron chi connectivity index (χ2n) is 13.3. The summed E-state index contributed by atoms with van der Waals surface area (Å²) in [4.78, 5) is 2.39. The smallest absolute Gasteiger partial charge is 0.0540 e. The monoisotopic (exact) mass is 675 g/mol. The molecule has 9 aromatic carbocycles. The Labute approximate surface area is 311 Å². The molecule has 53 heavy (non-hydrogen) atoms. The molecule has 0 fully saturated rings. The maximum Gasteiger partial charge on any atom is 0.0540 e. The van der Waals surface area contributed by atoms with E-state index >= 15 is 0 Å². The average Bonchev–Trinajstić information content (AvgIpc) is 3.25. The highest BCUT2D eigenvalue weighted by atomic mass is 15.1. The van der Waals surface area contributed by atoms with Crippen LogP contribution in [-0.4, -0.2) is 0 Å². The summed E-state index contributed by atoms with van der Waals surface area (Å²) in [6.45, 7) is 0. The topological polar surface area (TPSA) is 3.24 Å². The lowest BCUT2D eigenvalue weighted by Gasteiger charge is -2.28. The first kappa shape index (κ1) is 32.0. The van der Waals surface area contributed by atoms with Crippen molar-refractivity contribution >= 4 is 27.8 Å². The number of rotatable bonds is 8. The molecule has 0 radical (unpaired) electrons. The van der Waals surface area contributed by atoms with E-state index in [4.69, 9.17) is 0 Å². The molecule has 0 spiro atoms. The molecule has 1 nitrogen and oxygen atoms in total. The van der Waals surface area contributed by atoms with E-state index in [2.05, 4.69) is 229 Å². The Morgan fingerprint density at radius 2 is 0.642 bits per heavy atom. The maximum atomic E-state index is 2.39. The van der Waals surface area contributed by atoms with Crippen LogP contribution in [0, 0.1) is 0 Å². The molecule has 0 amide bonds. The summed E-state index contributed by atoms with van der Waals surface area (Å²) in [5.74, 6) is 0. The molecule has 0 unspecified atom stereocenters. The summed E-state index contributed by atoms with van der Waals surface area (Å²) in [7, 11) is 0. The molecule has 0 saturated carbocycles. The highest BCUT2D eigenvalue weighted by molar-refractivity contribution is 5.98. The fourth-order valence-electron chi connectivity index (χ4n) is 7.58. The Kier molecular flexibility index (Phi) is 8.66. The number of anilines is 3.